The van der Waals surface area contributed by atoms with Gasteiger partial charge < -0.3 is 4.90 Å². The van der Waals surface area contributed by atoms with Gasteiger partial charge in [0.1, 0.15) is 0 Å². The van der Waals surface area contributed by atoms with Gasteiger partial charge in [0, 0.05) is 25.5 Å². The Morgan fingerprint density at radius 2 is 2.05 bits per heavy atom. The van der Waals surface area contributed by atoms with Gasteiger partial charge in [0.15, 0.2) is 0 Å². The summed E-state index contributed by atoms with van der Waals surface area (Å²) in [7, 11) is 1.85. The highest BCUT2D eigenvalue weighted by Crippen LogP contribution is 2.27. The van der Waals surface area contributed by atoms with Crippen molar-refractivity contribution in [3.63, 3.8) is 0 Å². The van der Waals surface area contributed by atoms with Crippen LogP contribution in [0.25, 0.3) is 0 Å². The number of para-hydroxylation sites is 1. The minimum Gasteiger partial charge on any atom is -0.308 e. The maximum atomic E-state index is 12.8. The first-order valence-corrected chi connectivity index (χ1v) is 7.07. The zero-order valence-corrected chi connectivity index (χ0v) is 12.0. The molecular weight excluding hydrogens is 250 g/mol. The highest BCUT2D eigenvalue weighted by Gasteiger charge is 2.24. The van der Waals surface area contributed by atoms with Crippen molar-refractivity contribution in [2.24, 2.45) is 7.05 Å². The standard InChI is InChI=1S/C16H19N3O/c1-12-14(11-18(2)17-12)16(20)19-10-6-5-8-13-7-3-4-9-15(13)19/h3-4,7,9,11H,5-6,8,10H2,1-2H3. The zero-order chi connectivity index (χ0) is 14.1. The third kappa shape index (κ3) is 2.22. The lowest BCUT2D eigenvalue weighted by atomic mass is 10.1. The van der Waals surface area contributed by atoms with Crippen LogP contribution >= 0.6 is 0 Å². The van der Waals surface area contributed by atoms with E-state index in [1.807, 2.05) is 43.3 Å². The lowest BCUT2D eigenvalue weighted by Crippen LogP contribution is -2.32. The van der Waals surface area contributed by atoms with E-state index in [4.69, 9.17) is 0 Å². The molecule has 1 aromatic carbocycles. The van der Waals surface area contributed by atoms with Crippen molar-refractivity contribution in [1.29, 1.82) is 0 Å². The monoisotopic (exact) mass is 269 g/mol. The fourth-order valence-corrected chi connectivity index (χ4v) is 2.86. The van der Waals surface area contributed by atoms with Gasteiger partial charge in [-0.25, -0.2) is 0 Å². The SMILES string of the molecule is Cc1nn(C)cc1C(=O)N1CCCCc2ccccc21. The van der Waals surface area contributed by atoms with E-state index >= 15 is 0 Å². The Bertz CT molecular complexity index is 645. The van der Waals surface area contributed by atoms with Crippen molar-refractivity contribution in [2.45, 2.75) is 26.2 Å². The maximum Gasteiger partial charge on any atom is 0.261 e. The second-order valence-corrected chi connectivity index (χ2v) is 5.34. The normalized spacial score (nSPS) is 14.8. The number of amides is 1. The van der Waals surface area contributed by atoms with Crippen molar-refractivity contribution >= 4 is 11.6 Å². The Morgan fingerprint density at radius 3 is 2.80 bits per heavy atom. The van der Waals surface area contributed by atoms with Gasteiger partial charge in [-0.3, -0.25) is 9.48 Å². The largest absolute Gasteiger partial charge is 0.308 e. The fourth-order valence-electron chi connectivity index (χ4n) is 2.86. The molecule has 0 fully saturated rings. The molecule has 2 heterocycles. The van der Waals surface area contributed by atoms with Gasteiger partial charge in [0.05, 0.1) is 11.3 Å². The van der Waals surface area contributed by atoms with Crippen LogP contribution in [0.1, 0.15) is 34.5 Å². The third-order valence-electron chi connectivity index (χ3n) is 3.85. The fraction of sp³-hybridized carbons (Fsp3) is 0.375. The predicted octanol–water partition coefficient (Wildman–Crippen LogP) is 2.71. The predicted molar refractivity (Wildman–Crippen MR) is 79.0 cm³/mol. The molecule has 0 saturated heterocycles. The number of hydrogen-bond acceptors (Lipinski definition) is 2. The molecule has 0 atom stereocenters. The average Bonchev–Trinajstić information content (AvgIpc) is 2.66. The number of benzene rings is 1. The molecule has 1 aromatic heterocycles. The molecule has 0 N–H and O–H groups in total. The van der Waals surface area contributed by atoms with Crippen molar-refractivity contribution in [2.75, 3.05) is 11.4 Å². The summed E-state index contributed by atoms with van der Waals surface area (Å²) in [6, 6.07) is 8.21. The van der Waals surface area contributed by atoms with Gasteiger partial charge in [-0.15, -0.1) is 0 Å². The van der Waals surface area contributed by atoms with Crippen LogP contribution in [0.4, 0.5) is 5.69 Å². The van der Waals surface area contributed by atoms with Gasteiger partial charge in [0.2, 0.25) is 0 Å². The van der Waals surface area contributed by atoms with Crippen molar-refractivity contribution in [3.8, 4) is 0 Å². The van der Waals surface area contributed by atoms with Gasteiger partial charge in [0.25, 0.3) is 5.91 Å². The average molecular weight is 269 g/mol. The smallest absolute Gasteiger partial charge is 0.261 e. The Kier molecular flexibility index (Phi) is 3.30. The third-order valence-corrected chi connectivity index (χ3v) is 3.85. The van der Waals surface area contributed by atoms with E-state index in [-0.39, 0.29) is 5.91 Å². The van der Waals surface area contributed by atoms with E-state index < -0.39 is 0 Å². The molecule has 1 aliphatic rings. The molecule has 0 spiro atoms. The number of hydrogen-bond donors (Lipinski definition) is 0. The topological polar surface area (TPSA) is 38.1 Å². The Balaban J connectivity index is 2.01. The van der Waals surface area contributed by atoms with E-state index in [2.05, 4.69) is 11.2 Å². The van der Waals surface area contributed by atoms with E-state index in [9.17, 15) is 4.79 Å². The maximum absolute atomic E-state index is 12.8. The molecule has 20 heavy (non-hydrogen) atoms. The summed E-state index contributed by atoms with van der Waals surface area (Å²) < 4.78 is 1.70. The molecule has 2 aromatic rings. The van der Waals surface area contributed by atoms with Gasteiger partial charge in [-0.2, -0.15) is 5.10 Å². The summed E-state index contributed by atoms with van der Waals surface area (Å²) in [6.07, 6.45) is 5.03. The highest BCUT2D eigenvalue weighted by molar-refractivity contribution is 6.07. The Hall–Kier alpha value is -2.10. The van der Waals surface area contributed by atoms with Crippen LogP contribution < -0.4 is 4.90 Å². The number of aromatic nitrogens is 2. The molecule has 0 saturated carbocycles. The quantitative estimate of drug-likeness (QED) is 0.798. The Labute approximate surface area is 119 Å². The minimum absolute atomic E-state index is 0.0601. The zero-order valence-electron chi connectivity index (χ0n) is 12.0. The van der Waals surface area contributed by atoms with Crippen LogP contribution in [0, 0.1) is 6.92 Å². The first-order chi connectivity index (χ1) is 9.66. The van der Waals surface area contributed by atoms with E-state index in [1.54, 1.807) is 4.68 Å². The lowest BCUT2D eigenvalue weighted by Gasteiger charge is -2.22. The van der Waals surface area contributed by atoms with Crippen molar-refractivity contribution < 1.29 is 4.79 Å². The summed E-state index contributed by atoms with van der Waals surface area (Å²) in [4.78, 5) is 14.7. The van der Waals surface area contributed by atoms with Crippen LogP contribution in [0.5, 0.6) is 0 Å². The van der Waals surface area contributed by atoms with Crippen LogP contribution in [0.2, 0.25) is 0 Å². The summed E-state index contributed by atoms with van der Waals surface area (Å²) in [5, 5.41) is 4.28. The van der Waals surface area contributed by atoms with E-state index in [1.165, 1.54) is 5.56 Å². The lowest BCUT2D eigenvalue weighted by molar-refractivity contribution is 0.0986. The second kappa shape index (κ2) is 5.12. The summed E-state index contributed by atoms with van der Waals surface area (Å²) in [5.41, 5.74) is 3.81. The number of carbonyl (C=O) groups excluding carboxylic acids is 1. The van der Waals surface area contributed by atoms with Crippen LogP contribution in [0.15, 0.2) is 30.5 Å². The van der Waals surface area contributed by atoms with Crippen LogP contribution in [-0.2, 0) is 13.5 Å². The summed E-state index contributed by atoms with van der Waals surface area (Å²) in [5.74, 6) is 0.0601. The van der Waals surface area contributed by atoms with Crippen molar-refractivity contribution in [1.82, 2.24) is 9.78 Å². The number of fused-ring (bicyclic) bond motifs is 1. The molecule has 1 amide bonds. The van der Waals surface area contributed by atoms with E-state index in [0.717, 1.165) is 37.2 Å². The van der Waals surface area contributed by atoms with Gasteiger partial charge in [-0.05, 0) is 37.8 Å². The molecule has 4 nitrogen and oxygen atoms in total. The first kappa shape index (κ1) is 12.9. The minimum atomic E-state index is 0.0601. The number of anilines is 1. The second-order valence-electron chi connectivity index (χ2n) is 5.34. The molecule has 0 unspecified atom stereocenters. The number of aryl methyl sites for hydroxylation is 3. The summed E-state index contributed by atoms with van der Waals surface area (Å²) >= 11 is 0. The highest BCUT2D eigenvalue weighted by atomic mass is 16.2. The molecule has 0 aliphatic carbocycles. The van der Waals surface area contributed by atoms with Crippen molar-refractivity contribution in [3.05, 3.63) is 47.3 Å². The van der Waals surface area contributed by atoms with E-state index in [0.29, 0.717) is 5.56 Å². The molecule has 4 heteroatoms. The number of nitrogens with zero attached hydrogens (tertiary/aromatic N) is 3. The molecular formula is C16H19N3O. The number of carbonyl (C=O) groups is 1. The molecule has 1 aliphatic heterocycles. The molecule has 104 valence electrons. The molecule has 0 bridgehead atoms. The van der Waals surface area contributed by atoms with Gasteiger partial charge in [-0.1, -0.05) is 18.2 Å². The summed E-state index contributed by atoms with van der Waals surface area (Å²) in [6.45, 7) is 2.67. The Morgan fingerprint density at radius 1 is 1.25 bits per heavy atom. The van der Waals surface area contributed by atoms with Crippen LogP contribution in [0.3, 0.4) is 0 Å². The first-order valence-electron chi connectivity index (χ1n) is 7.07. The molecule has 0 radical (unpaired) electrons. The molecule has 3 rings (SSSR count). The van der Waals surface area contributed by atoms with Gasteiger partial charge >= 0.3 is 0 Å². The number of rotatable bonds is 1. The van der Waals surface area contributed by atoms with Crippen LogP contribution in [-0.4, -0.2) is 22.2 Å².